The predicted molar refractivity (Wildman–Crippen MR) is 63.0 cm³/mol. The molecule has 2 N–H and O–H groups in total. The SMILES string of the molecule is CC1CC=CCC1COc1cncc(N)n1. The van der Waals surface area contributed by atoms with Crippen molar-refractivity contribution >= 4 is 5.82 Å². The van der Waals surface area contributed by atoms with Crippen molar-refractivity contribution in [1.29, 1.82) is 0 Å². The van der Waals surface area contributed by atoms with E-state index in [1.54, 1.807) is 6.20 Å². The van der Waals surface area contributed by atoms with Gasteiger partial charge in [-0.1, -0.05) is 19.1 Å². The van der Waals surface area contributed by atoms with E-state index in [0.29, 0.717) is 30.1 Å². The number of nitrogens with zero attached hydrogens (tertiary/aromatic N) is 2. The predicted octanol–water partition coefficient (Wildman–Crippen LogP) is 2.04. The molecule has 1 aromatic rings. The zero-order chi connectivity index (χ0) is 11.4. The maximum atomic E-state index is 5.61. The van der Waals surface area contributed by atoms with Crippen LogP contribution >= 0.6 is 0 Å². The molecule has 1 aliphatic carbocycles. The molecule has 0 saturated heterocycles. The van der Waals surface area contributed by atoms with Crippen molar-refractivity contribution in [2.75, 3.05) is 12.3 Å². The second kappa shape index (κ2) is 4.96. The van der Waals surface area contributed by atoms with E-state index in [-0.39, 0.29) is 0 Å². The highest BCUT2D eigenvalue weighted by Gasteiger charge is 2.19. The maximum Gasteiger partial charge on any atom is 0.234 e. The number of nitrogen functional groups attached to an aromatic ring is 1. The highest BCUT2D eigenvalue weighted by atomic mass is 16.5. The fraction of sp³-hybridized carbons (Fsp3) is 0.500. The quantitative estimate of drug-likeness (QED) is 0.790. The van der Waals surface area contributed by atoms with Gasteiger partial charge in [0.05, 0.1) is 19.0 Å². The Morgan fingerprint density at radius 3 is 2.94 bits per heavy atom. The minimum atomic E-state index is 0.397. The molecule has 2 rings (SSSR count). The topological polar surface area (TPSA) is 61.0 Å². The first kappa shape index (κ1) is 10.9. The summed E-state index contributed by atoms with van der Waals surface area (Å²) in [6.07, 6.45) is 9.78. The minimum absolute atomic E-state index is 0.397. The van der Waals surface area contributed by atoms with E-state index in [4.69, 9.17) is 10.5 Å². The summed E-state index contributed by atoms with van der Waals surface area (Å²) in [7, 11) is 0. The molecule has 16 heavy (non-hydrogen) atoms. The Hall–Kier alpha value is -1.58. The first-order valence-corrected chi connectivity index (χ1v) is 5.61. The largest absolute Gasteiger partial charge is 0.476 e. The Balaban J connectivity index is 1.89. The molecule has 86 valence electrons. The fourth-order valence-electron chi connectivity index (χ4n) is 1.86. The smallest absolute Gasteiger partial charge is 0.234 e. The van der Waals surface area contributed by atoms with Gasteiger partial charge in [-0.15, -0.1) is 0 Å². The molecule has 2 unspecified atom stereocenters. The number of allylic oxidation sites excluding steroid dienone is 2. The van der Waals surface area contributed by atoms with Crippen molar-refractivity contribution < 1.29 is 4.74 Å². The van der Waals surface area contributed by atoms with Crippen LogP contribution in [0.25, 0.3) is 0 Å². The Kier molecular flexibility index (Phi) is 3.39. The summed E-state index contributed by atoms with van der Waals surface area (Å²) >= 11 is 0. The standard InChI is InChI=1S/C12H17N3O/c1-9-4-2-3-5-10(9)8-16-12-7-14-6-11(13)15-12/h2-3,6-7,9-10H,4-5,8H2,1H3,(H2,13,15). The zero-order valence-electron chi connectivity index (χ0n) is 9.47. The molecular weight excluding hydrogens is 202 g/mol. The highest BCUT2D eigenvalue weighted by molar-refractivity contribution is 5.25. The molecule has 2 atom stereocenters. The highest BCUT2D eigenvalue weighted by Crippen LogP contribution is 2.25. The average Bonchev–Trinajstić information content (AvgIpc) is 2.28. The number of hydrogen-bond donors (Lipinski definition) is 1. The monoisotopic (exact) mass is 219 g/mol. The fourth-order valence-corrected chi connectivity index (χ4v) is 1.86. The molecule has 1 aliphatic rings. The molecule has 0 aromatic carbocycles. The van der Waals surface area contributed by atoms with E-state index in [2.05, 4.69) is 29.0 Å². The van der Waals surface area contributed by atoms with Crippen LogP contribution in [0.1, 0.15) is 19.8 Å². The van der Waals surface area contributed by atoms with Crippen molar-refractivity contribution in [2.45, 2.75) is 19.8 Å². The second-order valence-electron chi connectivity index (χ2n) is 4.27. The summed E-state index contributed by atoms with van der Waals surface area (Å²) in [6.45, 7) is 2.94. The van der Waals surface area contributed by atoms with Crippen molar-refractivity contribution in [3.05, 3.63) is 24.5 Å². The van der Waals surface area contributed by atoms with Crippen molar-refractivity contribution in [3.8, 4) is 5.88 Å². The number of nitrogens with two attached hydrogens (primary N) is 1. The van der Waals surface area contributed by atoms with Crippen LogP contribution in [0.5, 0.6) is 5.88 Å². The second-order valence-corrected chi connectivity index (χ2v) is 4.27. The van der Waals surface area contributed by atoms with E-state index in [1.165, 1.54) is 6.20 Å². The van der Waals surface area contributed by atoms with Crippen LogP contribution in [0.15, 0.2) is 24.5 Å². The van der Waals surface area contributed by atoms with Gasteiger partial charge in [-0.3, -0.25) is 4.98 Å². The number of hydrogen-bond acceptors (Lipinski definition) is 4. The summed E-state index contributed by atoms with van der Waals surface area (Å²) in [5, 5.41) is 0. The molecule has 0 fully saturated rings. The molecule has 0 spiro atoms. The number of aromatic nitrogens is 2. The van der Waals surface area contributed by atoms with Crippen molar-refractivity contribution in [1.82, 2.24) is 9.97 Å². The number of rotatable bonds is 3. The number of anilines is 1. The van der Waals surface area contributed by atoms with Crippen LogP contribution in [0.4, 0.5) is 5.82 Å². The van der Waals surface area contributed by atoms with Gasteiger partial charge in [0.25, 0.3) is 0 Å². The van der Waals surface area contributed by atoms with Gasteiger partial charge in [0, 0.05) is 0 Å². The average molecular weight is 219 g/mol. The van der Waals surface area contributed by atoms with Crippen LogP contribution in [-0.4, -0.2) is 16.6 Å². The lowest BCUT2D eigenvalue weighted by molar-refractivity contribution is 0.192. The maximum absolute atomic E-state index is 5.61. The molecular formula is C12H17N3O. The van der Waals surface area contributed by atoms with Crippen LogP contribution in [0.3, 0.4) is 0 Å². The van der Waals surface area contributed by atoms with E-state index in [1.807, 2.05) is 0 Å². The third kappa shape index (κ3) is 2.72. The van der Waals surface area contributed by atoms with Gasteiger partial charge in [0.2, 0.25) is 5.88 Å². The lowest BCUT2D eigenvalue weighted by atomic mass is 9.85. The molecule has 1 heterocycles. The van der Waals surface area contributed by atoms with E-state index in [9.17, 15) is 0 Å². The van der Waals surface area contributed by atoms with Gasteiger partial charge in [-0.2, -0.15) is 4.98 Å². The molecule has 0 aliphatic heterocycles. The van der Waals surface area contributed by atoms with Crippen LogP contribution in [-0.2, 0) is 0 Å². The summed E-state index contributed by atoms with van der Waals surface area (Å²) in [5.41, 5.74) is 5.53. The summed E-state index contributed by atoms with van der Waals surface area (Å²) in [6, 6.07) is 0. The summed E-state index contributed by atoms with van der Waals surface area (Å²) in [5.74, 6) is 2.14. The Morgan fingerprint density at radius 2 is 2.19 bits per heavy atom. The van der Waals surface area contributed by atoms with Gasteiger partial charge < -0.3 is 10.5 Å². The Labute approximate surface area is 95.5 Å². The molecule has 4 heteroatoms. The van der Waals surface area contributed by atoms with Gasteiger partial charge in [0.15, 0.2) is 0 Å². The molecule has 1 aromatic heterocycles. The van der Waals surface area contributed by atoms with Gasteiger partial charge in [-0.25, -0.2) is 0 Å². The van der Waals surface area contributed by atoms with Crippen LogP contribution < -0.4 is 10.5 Å². The number of ether oxygens (including phenoxy) is 1. The minimum Gasteiger partial charge on any atom is -0.476 e. The van der Waals surface area contributed by atoms with Gasteiger partial charge in [0.1, 0.15) is 5.82 Å². The third-order valence-electron chi connectivity index (χ3n) is 2.99. The summed E-state index contributed by atoms with van der Waals surface area (Å²) in [4.78, 5) is 8.00. The van der Waals surface area contributed by atoms with Crippen molar-refractivity contribution in [3.63, 3.8) is 0 Å². The molecule has 0 radical (unpaired) electrons. The van der Waals surface area contributed by atoms with Crippen LogP contribution in [0.2, 0.25) is 0 Å². The lowest BCUT2D eigenvalue weighted by Gasteiger charge is -2.24. The Bertz CT molecular complexity index is 378. The third-order valence-corrected chi connectivity index (χ3v) is 2.99. The first-order chi connectivity index (χ1) is 7.75. The molecule has 0 bridgehead atoms. The van der Waals surface area contributed by atoms with E-state index >= 15 is 0 Å². The van der Waals surface area contributed by atoms with E-state index < -0.39 is 0 Å². The van der Waals surface area contributed by atoms with E-state index in [0.717, 1.165) is 12.8 Å². The normalized spacial score (nSPS) is 24.3. The first-order valence-electron chi connectivity index (χ1n) is 5.61. The zero-order valence-corrected chi connectivity index (χ0v) is 9.47. The lowest BCUT2D eigenvalue weighted by Crippen LogP contribution is -2.21. The van der Waals surface area contributed by atoms with Crippen LogP contribution in [0, 0.1) is 11.8 Å². The van der Waals surface area contributed by atoms with Crippen molar-refractivity contribution in [2.24, 2.45) is 11.8 Å². The summed E-state index contributed by atoms with van der Waals surface area (Å²) < 4.78 is 5.61. The molecule has 0 amide bonds. The Morgan fingerprint density at radius 1 is 1.38 bits per heavy atom. The van der Waals surface area contributed by atoms with Gasteiger partial charge in [-0.05, 0) is 24.7 Å². The molecule has 4 nitrogen and oxygen atoms in total. The molecule has 0 saturated carbocycles. The van der Waals surface area contributed by atoms with Gasteiger partial charge >= 0.3 is 0 Å².